The lowest BCUT2D eigenvalue weighted by molar-refractivity contribution is 0.823. The molecule has 0 saturated heterocycles. The highest BCUT2D eigenvalue weighted by Crippen LogP contribution is 1.99. The van der Waals surface area contributed by atoms with Crippen molar-refractivity contribution >= 4 is 0 Å². The van der Waals surface area contributed by atoms with Gasteiger partial charge in [-0.05, 0) is 25.7 Å². The molecule has 0 saturated carbocycles. The zero-order valence-corrected chi connectivity index (χ0v) is 7.27. The number of rotatable bonds is 6. The summed E-state index contributed by atoms with van der Waals surface area (Å²) in [6.07, 6.45) is 13.2. The van der Waals surface area contributed by atoms with Gasteiger partial charge in [-0.2, -0.15) is 0 Å². The third kappa shape index (κ3) is 7.74. The molecule has 0 aromatic heterocycles. The van der Waals surface area contributed by atoms with Crippen LogP contribution < -0.4 is 0 Å². The molecule has 0 aliphatic carbocycles. The highest BCUT2D eigenvalue weighted by Gasteiger charge is 1.80. The standard InChI is InChI=1S/C10H19/c1-3-5-7-9-10-8-6-4-2/h3,8,10H,4-7,9H2,1-2H3/b10-8+. The summed E-state index contributed by atoms with van der Waals surface area (Å²) in [7, 11) is 0. The van der Waals surface area contributed by atoms with Gasteiger partial charge in [-0.1, -0.05) is 38.8 Å². The molecule has 59 valence electrons. The smallest absolute Gasteiger partial charge is 0.0351 e. The molecular weight excluding hydrogens is 120 g/mol. The van der Waals surface area contributed by atoms with Crippen LogP contribution in [-0.2, 0) is 0 Å². The summed E-state index contributed by atoms with van der Waals surface area (Å²) in [6, 6.07) is 0. The molecule has 0 rings (SSSR count). The molecule has 0 aliphatic rings. The van der Waals surface area contributed by atoms with Crippen LogP contribution in [0, 0.1) is 6.42 Å². The van der Waals surface area contributed by atoms with E-state index in [1.165, 1.54) is 32.1 Å². The third-order valence-corrected chi connectivity index (χ3v) is 1.49. The van der Waals surface area contributed by atoms with E-state index in [-0.39, 0.29) is 0 Å². The molecule has 0 aromatic rings. The highest BCUT2D eigenvalue weighted by molar-refractivity contribution is 4.81. The SMILES string of the molecule is C[CH]CCC/C=C/CCC. The molecule has 0 amide bonds. The number of hydrogen-bond donors (Lipinski definition) is 0. The van der Waals surface area contributed by atoms with Crippen molar-refractivity contribution in [2.24, 2.45) is 0 Å². The fourth-order valence-corrected chi connectivity index (χ4v) is 0.842. The van der Waals surface area contributed by atoms with Gasteiger partial charge in [0.2, 0.25) is 0 Å². The first-order chi connectivity index (χ1) is 4.91. The van der Waals surface area contributed by atoms with E-state index in [1.807, 2.05) is 0 Å². The molecule has 0 spiro atoms. The molecule has 0 bridgehead atoms. The van der Waals surface area contributed by atoms with Crippen LogP contribution in [0.2, 0.25) is 0 Å². The summed E-state index contributed by atoms with van der Waals surface area (Å²) in [5.74, 6) is 0. The summed E-state index contributed by atoms with van der Waals surface area (Å²) in [4.78, 5) is 0. The topological polar surface area (TPSA) is 0 Å². The van der Waals surface area contributed by atoms with E-state index in [1.54, 1.807) is 0 Å². The number of allylic oxidation sites excluding steroid dienone is 2. The van der Waals surface area contributed by atoms with Crippen LogP contribution in [0.25, 0.3) is 0 Å². The second-order valence-corrected chi connectivity index (χ2v) is 2.60. The Kier molecular flexibility index (Phi) is 8.51. The van der Waals surface area contributed by atoms with Gasteiger partial charge in [0, 0.05) is 0 Å². The van der Waals surface area contributed by atoms with Gasteiger partial charge in [0.1, 0.15) is 0 Å². The van der Waals surface area contributed by atoms with E-state index in [0.717, 1.165) is 0 Å². The fourth-order valence-electron chi connectivity index (χ4n) is 0.842. The number of hydrogen-bond acceptors (Lipinski definition) is 0. The van der Waals surface area contributed by atoms with Crippen LogP contribution in [0.1, 0.15) is 46.0 Å². The minimum atomic E-state index is 1.25. The Balaban J connectivity index is 2.88. The van der Waals surface area contributed by atoms with Crippen molar-refractivity contribution in [1.29, 1.82) is 0 Å². The zero-order chi connectivity index (χ0) is 7.66. The van der Waals surface area contributed by atoms with Gasteiger partial charge in [-0.15, -0.1) is 0 Å². The van der Waals surface area contributed by atoms with E-state index in [2.05, 4.69) is 32.4 Å². The van der Waals surface area contributed by atoms with Gasteiger partial charge in [-0.25, -0.2) is 0 Å². The lowest BCUT2D eigenvalue weighted by Crippen LogP contribution is -1.71. The maximum atomic E-state index is 2.30. The van der Waals surface area contributed by atoms with Crippen molar-refractivity contribution in [3.63, 3.8) is 0 Å². The summed E-state index contributed by atoms with van der Waals surface area (Å²) in [5.41, 5.74) is 0. The van der Waals surface area contributed by atoms with Crippen LogP contribution in [0.5, 0.6) is 0 Å². The lowest BCUT2D eigenvalue weighted by Gasteiger charge is -1.90. The fraction of sp³-hybridized carbons (Fsp3) is 0.700. The van der Waals surface area contributed by atoms with Crippen molar-refractivity contribution in [3.05, 3.63) is 18.6 Å². The Labute approximate surface area is 65.3 Å². The van der Waals surface area contributed by atoms with Crippen molar-refractivity contribution < 1.29 is 0 Å². The predicted molar refractivity (Wildman–Crippen MR) is 47.9 cm³/mol. The quantitative estimate of drug-likeness (QED) is 0.388. The second kappa shape index (κ2) is 8.74. The van der Waals surface area contributed by atoms with E-state index in [9.17, 15) is 0 Å². The number of unbranched alkanes of at least 4 members (excludes halogenated alkanes) is 4. The Morgan fingerprint density at radius 2 is 1.70 bits per heavy atom. The first kappa shape index (κ1) is 9.74. The molecule has 0 aromatic carbocycles. The second-order valence-electron chi connectivity index (χ2n) is 2.60. The largest absolute Gasteiger partial charge is 0.0885 e. The first-order valence-corrected chi connectivity index (χ1v) is 4.34. The average Bonchev–Trinajstić information content (AvgIpc) is 1.97. The average molecular weight is 139 g/mol. The molecular formula is C10H19. The van der Waals surface area contributed by atoms with Crippen molar-refractivity contribution in [3.8, 4) is 0 Å². The van der Waals surface area contributed by atoms with Crippen LogP contribution in [0.15, 0.2) is 12.2 Å². The minimum absolute atomic E-state index is 1.25. The maximum absolute atomic E-state index is 2.30. The Hall–Kier alpha value is -0.260. The summed E-state index contributed by atoms with van der Waals surface area (Å²) in [5, 5.41) is 0. The first-order valence-electron chi connectivity index (χ1n) is 4.34. The maximum Gasteiger partial charge on any atom is -0.0351 e. The van der Waals surface area contributed by atoms with Gasteiger partial charge in [0.15, 0.2) is 0 Å². The van der Waals surface area contributed by atoms with Gasteiger partial charge < -0.3 is 0 Å². The molecule has 0 unspecified atom stereocenters. The molecule has 1 radical (unpaired) electrons. The van der Waals surface area contributed by atoms with Crippen LogP contribution in [0.4, 0.5) is 0 Å². The Bertz CT molecular complexity index is 72.1. The van der Waals surface area contributed by atoms with Crippen molar-refractivity contribution in [1.82, 2.24) is 0 Å². The summed E-state index contributed by atoms with van der Waals surface area (Å²) in [6.45, 7) is 4.33. The molecule has 0 atom stereocenters. The van der Waals surface area contributed by atoms with Gasteiger partial charge in [-0.3, -0.25) is 0 Å². The molecule has 0 heterocycles. The minimum Gasteiger partial charge on any atom is -0.0885 e. The summed E-state index contributed by atoms with van der Waals surface area (Å²) < 4.78 is 0. The van der Waals surface area contributed by atoms with Gasteiger partial charge >= 0.3 is 0 Å². The molecule has 10 heavy (non-hydrogen) atoms. The Morgan fingerprint density at radius 3 is 2.30 bits per heavy atom. The third-order valence-electron chi connectivity index (χ3n) is 1.49. The van der Waals surface area contributed by atoms with Crippen LogP contribution in [-0.4, -0.2) is 0 Å². The zero-order valence-electron chi connectivity index (χ0n) is 7.27. The van der Waals surface area contributed by atoms with E-state index < -0.39 is 0 Å². The van der Waals surface area contributed by atoms with E-state index in [0.29, 0.717) is 0 Å². The van der Waals surface area contributed by atoms with E-state index >= 15 is 0 Å². The van der Waals surface area contributed by atoms with Crippen molar-refractivity contribution in [2.45, 2.75) is 46.0 Å². The van der Waals surface area contributed by atoms with Crippen LogP contribution in [0.3, 0.4) is 0 Å². The van der Waals surface area contributed by atoms with Crippen molar-refractivity contribution in [2.75, 3.05) is 0 Å². The molecule has 0 nitrogen and oxygen atoms in total. The predicted octanol–water partition coefficient (Wildman–Crippen LogP) is 3.74. The van der Waals surface area contributed by atoms with E-state index in [4.69, 9.17) is 0 Å². The van der Waals surface area contributed by atoms with Gasteiger partial charge in [0.25, 0.3) is 0 Å². The molecule has 0 fully saturated rings. The van der Waals surface area contributed by atoms with Crippen LogP contribution >= 0.6 is 0 Å². The van der Waals surface area contributed by atoms with Gasteiger partial charge in [0.05, 0.1) is 0 Å². The highest BCUT2D eigenvalue weighted by atomic mass is 13.9. The Morgan fingerprint density at radius 1 is 1.00 bits per heavy atom. The normalized spacial score (nSPS) is 11.0. The molecule has 0 N–H and O–H groups in total. The lowest BCUT2D eigenvalue weighted by atomic mass is 10.2. The molecule has 0 aliphatic heterocycles. The molecule has 0 heteroatoms. The monoisotopic (exact) mass is 139 g/mol. The summed E-state index contributed by atoms with van der Waals surface area (Å²) >= 11 is 0.